The smallest absolute Gasteiger partial charge is 0.460 e. The molecule has 35 heavy (non-hydrogen) atoms. The summed E-state index contributed by atoms with van der Waals surface area (Å²) in [6.07, 6.45) is 7.49. The molecular formula is C27H36BNO6. The van der Waals surface area contributed by atoms with Crippen LogP contribution in [0.25, 0.3) is 0 Å². The zero-order valence-electron chi connectivity index (χ0n) is 21.4. The van der Waals surface area contributed by atoms with Crippen LogP contribution in [-0.2, 0) is 20.7 Å². The fourth-order valence-electron chi connectivity index (χ4n) is 3.71. The molecule has 1 fully saturated rings. The summed E-state index contributed by atoms with van der Waals surface area (Å²) >= 11 is 0. The maximum atomic E-state index is 12.8. The summed E-state index contributed by atoms with van der Waals surface area (Å²) in [4.78, 5) is 16.8. The van der Waals surface area contributed by atoms with Crippen LogP contribution in [0.15, 0.2) is 64.8 Å². The number of hydrogen-bond donors (Lipinski definition) is 1. The molecule has 188 valence electrons. The van der Waals surface area contributed by atoms with Crippen LogP contribution in [0, 0.1) is 0 Å². The van der Waals surface area contributed by atoms with E-state index in [2.05, 4.69) is 18.5 Å². The number of aliphatic hydroxyl groups excluding tert-OH is 1. The van der Waals surface area contributed by atoms with E-state index in [4.69, 9.17) is 18.5 Å². The second kappa shape index (κ2) is 11.4. The lowest BCUT2D eigenvalue weighted by Crippen LogP contribution is -2.41. The highest BCUT2D eigenvalue weighted by Gasteiger charge is 2.52. The van der Waals surface area contributed by atoms with Gasteiger partial charge in [-0.15, -0.1) is 0 Å². The van der Waals surface area contributed by atoms with Gasteiger partial charge in [0, 0.05) is 18.8 Å². The predicted octanol–water partition coefficient (Wildman–Crippen LogP) is 5.76. The first kappa shape index (κ1) is 26.9. The van der Waals surface area contributed by atoms with E-state index >= 15 is 0 Å². The molecule has 1 atom stereocenters. The molecule has 0 radical (unpaired) electrons. The van der Waals surface area contributed by atoms with Crippen molar-refractivity contribution in [1.29, 1.82) is 0 Å². The molecule has 2 aromatic heterocycles. The Kier molecular flexibility index (Phi) is 8.75. The lowest BCUT2D eigenvalue weighted by atomic mass is 9.72. The zero-order chi connectivity index (χ0) is 25.6. The summed E-state index contributed by atoms with van der Waals surface area (Å²) in [7, 11) is -0.578. The van der Waals surface area contributed by atoms with E-state index in [0.29, 0.717) is 23.5 Å². The van der Waals surface area contributed by atoms with Crippen LogP contribution in [0.1, 0.15) is 88.3 Å². The monoisotopic (exact) mass is 481 g/mol. The lowest BCUT2D eigenvalue weighted by Gasteiger charge is -2.32. The lowest BCUT2D eigenvalue weighted by molar-refractivity contribution is 0.00578. The van der Waals surface area contributed by atoms with Crippen molar-refractivity contribution in [3.8, 4) is 0 Å². The average molecular weight is 481 g/mol. The Morgan fingerprint density at radius 1 is 1.17 bits per heavy atom. The number of rotatable bonds is 11. The van der Waals surface area contributed by atoms with E-state index < -0.39 is 30.4 Å². The molecule has 1 aliphatic rings. The third-order valence-electron chi connectivity index (χ3n) is 6.62. The van der Waals surface area contributed by atoms with E-state index in [1.807, 2.05) is 33.8 Å². The zero-order valence-corrected chi connectivity index (χ0v) is 21.4. The minimum atomic E-state index is -0.715. The fraction of sp³-hybridized carbons (Fsp3) is 0.481. The number of carbonyl (C=O) groups excluding carboxylic acids is 1. The number of ether oxygens (including phenoxy) is 1. The highest BCUT2D eigenvalue weighted by molar-refractivity contribution is 6.56. The second-order valence-electron chi connectivity index (χ2n) is 9.78. The summed E-state index contributed by atoms with van der Waals surface area (Å²) in [5.41, 5.74) is 1.18. The number of esters is 1. The molecule has 3 heterocycles. The van der Waals surface area contributed by atoms with Crippen molar-refractivity contribution in [2.24, 2.45) is 0 Å². The minimum absolute atomic E-state index is 0.242. The van der Waals surface area contributed by atoms with Crippen LogP contribution in [0.4, 0.5) is 0 Å². The first-order valence-corrected chi connectivity index (χ1v) is 12.1. The Morgan fingerprint density at radius 3 is 2.40 bits per heavy atom. The standard InChI is InChI=1S/C27H36BNO6/c1-7-8-9-19(2)22(28-34-26(3,4)27(5,6)35-28)11-13-24(23-12-10-21(18-30)32-23)33-25(31)20-14-16-29-17-15-20/h10-12,14-17,24,30H,2,7-9,13,18H2,1,3-6H3/b22-11-/t24-/m0/s1. The van der Waals surface area contributed by atoms with Crippen molar-refractivity contribution < 1.29 is 28.4 Å². The topological polar surface area (TPSA) is 91.0 Å². The molecule has 0 bridgehead atoms. The van der Waals surface area contributed by atoms with Gasteiger partial charge in [0.05, 0.1) is 16.8 Å². The van der Waals surface area contributed by atoms with E-state index in [0.717, 1.165) is 30.3 Å². The summed E-state index contributed by atoms with van der Waals surface area (Å²) in [6.45, 7) is 14.2. The van der Waals surface area contributed by atoms with Gasteiger partial charge in [-0.3, -0.25) is 4.98 Å². The predicted molar refractivity (Wildman–Crippen MR) is 134 cm³/mol. The Labute approximate surface area is 208 Å². The van der Waals surface area contributed by atoms with E-state index in [1.165, 1.54) is 12.4 Å². The van der Waals surface area contributed by atoms with Crippen LogP contribution in [-0.4, -0.2) is 34.4 Å². The number of carbonyl (C=O) groups is 1. The molecule has 0 aliphatic carbocycles. The molecule has 2 aromatic rings. The number of hydrogen-bond acceptors (Lipinski definition) is 7. The summed E-state index contributed by atoms with van der Waals surface area (Å²) in [5.74, 6) is 0.349. The van der Waals surface area contributed by atoms with Gasteiger partial charge in [-0.05, 0) is 70.3 Å². The number of aliphatic hydroxyl groups is 1. The maximum Gasteiger partial charge on any atom is 0.494 e. The van der Waals surface area contributed by atoms with Gasteiger partial charge in [0.2, 0.25) is 0 Å². The SMILES string of the molecule is C=C(CCCC)/C(=C/C[C@H](OC(=O)c1ccncc1)c1ccc(CO)o1)B1OC(C)(C)C(C)(C)O1. The van der Waals surface area contributed by atoms with Crippen LogP contribution >= 0.6 is 0 Å². The first-order chi connectivity index (χ1) is 16.6. The van der Waals surface area contributed by atoms with Crippen LogP contribution in [0.2, 0.25) is 0 Å². The highest BCUT2D eigenvalue weighted by Crippen LogP contribution is 2.40. The van der Waals surface area contributed by atoms with Crippen LogP contribution in [0.5, 0.6) is 0 Å². The molecule has 8 heteroatoms. The largest absolute Gasteiger partial charge is 0.494 e. The normalized spacial score (nSPS) is 17.9. The van der Waals surface area contributed by atoms with Crippen molar-refractivity contribution in [3.05, 3.63) is 77.4 Å². The van der Waals surface area contributed by atoms with Gasteiger partial charge in [-0.2, -0.15) is 0 Å². The molecule has 1 aliphatic heterocycles. The number of pyridine rings is 1. The Morgan fingerprint density at radius 2 is 1.83 bits per heavy atom. The van der Waals surface area contributed by atoms with Crippen molar-refractivity contribution in [1.82, 2.24) is 4.98 Å². The minimum Gasteiger partial charge on any atom is -0.460 e. The van der Waals surface area contributed by atoms with Crippen LogP contribution in [0.3, 0.4) is 0 Å². The third kappa shape index (κ3) is 6.51. The number of nitrogens with zero attached hydrogens (tertiary/aromatic N) is 1. The van der Waals surface area contributed by atoms with Crippen molar-refractivity contribution in [2.75, 3.05) is 0 Å². The fourth-order valence-corrected chi connectivity index (χ4v) is 3.71. The number of allylic oxidation sites excluding steroid dienone is 2. The molecule has 0 spiro atoms. The molecule has 1 saturated heterocycles. The number of unbranched alkanes of at least 4 members (excludes halogenated alkanes) is 1. The van der Waals surface area contributed by atoms with Crippen molar-refractivity contribution in [2.45, 2.75) is 84.2 Å². The molecule has 1 N–H and O–H groups in total. The summed E-state index contributed by atoms with van der Waals surface area (Å²) < 4.78 is 24.2. The summed E-state index contributed by atoms with van der Waals surface area (Å²) in [5, 5.41) is 9.44. The summed E-state index contributed by atoms with van der Waals surface area (Å²) in [6, 6.07) is 6.57. The van der Waals surface area contributed by atoms with Gasteiger partial charge in [-0.25, -0.2) is 4.79 Å². The Bertz CT molecular complexity index is 1030. The Hall–Kier alpha value is -2.68. The van der Waals surface area contributed by atoms with E-state index in [9.17, 15) is 9.90 Å². The maximum absolute atomic E-state index is 12.8. The molecule has 0 amide bonds. The molecule has 0 unspecified atom stereocenters. The molecular weight excluding hydrogens is 445 g/mol. The Balaban J connectivity index is 1.90. The number of furan rings is 1. The van der Waals surface area contributed by atoms with Gasteiger partial charge < -0.3 is 23.6 Å². The van der Waals surface area contributed by atoms with Gasteiger partial charge in [0.1, 0.15) is 18.1 Å². The number of aromatic nitrogens is 1. The molecule has 0 saturated carbocycles. The van der Waals surface area contributed by atoms with Gasteiger partial charge in [-0.1, -0.05) is 31.6 Å². The molecule has 3 rings (SSSR count). The van der Waals surface area contributed by atoms with Crippen molar-refractivity contribution in [3.63, 3.8) is 0 Å². The quantitative estimate of drug-likeness (QED) is 0.248. The second-order valence-corrected chi connectivity index (χ2v) is 9.78. The average Bonchev–Trinajstić information content (AvgIpc) is 3.38. The third-order valence-corrected chi connectivity index (χ3v) is 6.62. The van der Waals surface area contributed by atoms with E-state index in [1.54, 1.807) is 24.3 Å². The molecule has 0 aromatic carbocycles. The first-order valence-electron chi connectivity index (χ1n) is 12.1. The highest BCUT2D eigenvalue weighted by atomic mass is 16.7. The van der Waals surface area contributed by atoms with Gasteiger partial charge >= 0.3 is 13.1 Å². The van der Waals surface area contributed by atoms with Crippen molar-refractivity contribution >= 4 is 13.1 Å². The van der Waals surface area contributed by atoms with Gasteiger partial charge in [0.15, 0.2) is 6.10 Å². The van der Waals surface area contributed by atoms with Gasteiger partial charge in [0.25, 0.3) is 0 Å². The van der Waals surface area contributed by atoms with E-state index in [-0.39, 0.29) is 6.61 Å². The molecule has 7 nitrogen and oxygen atoms in total. The van der Waals surface area contributed by atoms with Crippen LogP contribution < -0.4 is 0 Å².